The number of nitrogens with zero attached hydrogens (tertiary/aromatic N) is 1. The van der Waals surface area contributed by atoms with Gasteiger partial charge in [-0.05, 0) is 74.3 Å². The molecule has 1 aliphatic heterocycles. The molecule has 35 heavy (non-hydrogen) atoms. The van der Waals surface area contributed by atoms with Crippen LogP contribution in [0.4, 0.5) is 0 Å². The summed E-state index contributed by atoms with van der Waals surface area (Å²) in [5, 5.41) is 21.0. The summed E-state index contributed by atoms with van der Waals surface area (Å²) in [6.45, 7) is 2.96. The minimum absolute atomic E-state index is 0.148. The molecule has 1 heterocycles. The first-order valence-electron chi connectivity index (χ1n) is 12.9. The molecule has 0 saturated carbocycles. The van der Waals surface area contributed by atoms with Crippen LogP contribution in [0.3, 0.4) is 0 Å². The molecule has 0 amide bonds. The summed E-state index contributed by atoms with van der Waals surface area (Å²) in [5.41, 5.74) is 2.85. The normalized spacial score (nSPS) is 15.3. The van der Waals surface area contributed by atoms with E-state index in [0.29, 0.717) is 6.42 Å². The molecule has 0 spiro atoms. The van der Waals surface area contributed by atoms with E-state index < -0.39 is 5.60 Å². The summed E-state index contributed by atoms with van der Waals surface area (Å²) in [6.07, 6.45) is 4.82. The van der Waals surface area contributed by atoms with Crippen LogP contribution in [0.15, 0.2) is 84.9 Å². The Bertz CT molecular complexity index is 1000. The standard InChI is InChI=1S/C31H37NO3/c33-24-8-9-25-15-17-26(18-16-25)30(34)14-7-21-32-22-19-29(20-23-32)31(35,27-10-3-1-4-11-27)28-12-5-2-6-13-28/h1-6,10-13,15-18,29,33,35H,7-9,14,19-24H2. The van der Waals surface area contributed by atoms with E-state index in [1.54, 1.807) is 0 Å². The van der Waals surface area contributed by atoms with Crippen molar-refractivity contribution in [3.8, 4) is 0 Å². The van der Waals surface area contributed by atoms with Crippen LogP contribution in [0.5, 0.6) is 0 Å². The largest absolute Gasteiger partial charge is 0.396 e. The maximum atomic E-state index is 12.6. The average molecular weight is 472 g/mol. The lowest BCUT2D eigenvalue weighted by Gasteiger charge is -2.42. The second kappa shape index (κ2) is 12.3. The van der Waals surface area contributed by atoms with Crippen molar-refractivity contribution < 1.29 is 15.0 Å². The number of hydrogen-bond acceptors (Lipinski definition) is 4. The minimum Gasteiger partial charge on any atom is -0.396 e. The Labute approximate surface area is 209 Å². The van der Waals surface area contributed by atoms with Gasteiger partial charge < -0.3 is 15.1 Å². The highest BCUT2D eigenvalue weighted by Crippen LogP contribution is 2.41. The van der Waals surface area contributed by atoms with Gasteiger partial charge in [0.15, 0.2) is 5.78 Å². The van der Waals surface area contributed by atoms with Crippen molar-refractivity contribution >= 4 is 5.78 Å². The van der Waals surface area contributed by atoms with E-state index in [-0.39, 0.29) is 18.3 Å². The van der Waals surface area contributed by atoms with Crippen molar-refractivity contribution in [2.75, 3.05) is 26.2 Å². The number of carbonyl (C=O) groups excluding carboxylic acids is 1. The fourth-order valence-corrected chi connectivity index (χ4v) is 5.34. The molecular weight excluding hydrogens is 434 g/mol. The third-order valence-electron chi connectivity index (χ3n) is 7.38. The SMILES string of the molecule is O=C(CCCN1CCC(C(O)(c2ccccc2)c2ccccc2)CC1)c1ccc(CCCO)cc1. The van der Waals surface area contributed by atoms with Crippen LogP contribution in [0.2, 0.25) is 0 Å². The number of Topliss-reactive ketones (excluding diaryl/α,β-unsaturated/α-hetero) is 1. The fraction of sp³-hybridized carbons (Fsp3) is 0.387. The first-order valence-corrected chi connectivity index (χ1v) is 12.9. The van der Waals surface area contributed by atoms with Crippen molar-refractivity contribution in [2.24, 2.45) is 5.92 Å². The van der Waals surface area contributed by atoms with Crippen molar-refractivity contribution in [3.05, 3.63) is 107 Å². The monoisotopic (exact) mass is 471 g/mol. The molecule has 3 aromatic rings. The summed E-state index contributed by atoms with van der Waals surface area (Å²) in [6, 6.07) is 27.9. The van der Waals surface area contributed by atoms with Crippen molar-refractivity contribution in [1.82, 2.24) is 4.90 Å². The predicted molar refractivity (Wildman–Crippen MR) is 140 cm³/mol. The quantitative estimate of drug-likeness (QED) is 0.376. The lowest BCUT2D eigenvalue weighted by atomic mass is 9.72. The Balaban J connectivity index is 1.30. The van der Waals surface area contributed by atoms with Gasteiger partial charge in [0.25, 0.3) is 0 Å². The zero-order valence-corrected chi connectivity index (χ0v) is 20.5. The molecule has 0 unspecified atom stereocenters. The van der Waals surface area contributed by atoms with E-state index in [9.17, 15) is 9.90 Å². The number of aryl methyl sites for hydroxylation is 1. The molecule has 1 aliphatic rings. The molecule has 3 aromatic carbocycles. The van der Waals surface area contributed by atoms with Crippen LogP contribution in [-0.4, -0.2) is 47.1 Å². The maximum Gasteiger partial charge on any atom is 0.162 e. The second-order valence-electron chi connectivity index (χ2n) is 9.67. The lowest BCUT2D eigenvalue weighted by Crippen LogP contribution is -2.44. The summed E-state index contributed by atoms with van der Waals surface area (Å²) in [7, 11) is 0. The molecular formula is C31H37NO3. The molecule has 0 atom stereocenters. The van der Waals surface area contributed by atoms with E-state index in [2.05, 4.69) is 4.90 Å². The van der Waals surface area contributed by atoms with Gasteiger partial charge in [-0.1, -0.05) is 84.9 Å². The van der Waals surface area contributed by atoms with E-state index in [4.69, 9.17) is 5.11 Å². The molecule has 1 saturated heterocycles. The van der Waals surface area contributed by atoms with Crippen LogP contribution >= 0.6 is 0 Å². The Kier molecular flexibility index (Phi) is 8.86. The van der Waals surface area contributed by atoms with Gasteiger partial charge >= 0.3 is 0 Å². The average Bonchev–Trinajstić information content (AvgIpc) is 2.93. The molecule has 2 N–H and O–H groups in total. The lowest BCUT2D eigenvalue weighted by molar-refractivity contribution is -0.0142. The Morgan fingerprint density at radius 3 is 1.94 bits per heavy atom. The van der Waals surface area contributed by atoms with E-state index >= 15 is 0 Å². The number of benzene rings is 3. The summed E-state index contributed by atoms with van der Waals surface area (Å²) in [5.74, 6) is 0.339. The molecule has 4 nitrogen and oxygen atoms in total. The van der Waals surface area contributed by atoms with Gasteiger partial charge in [-0.25, -0.2) is 0 Å². The molecule has 0 bridgehead atoms. The fourth-order valence-electron chi connectivity index (χ4n) is 5.34. The number of rotatable bonds is 11. The number of piperidine rings is 1. The summed E-state index contributed by atoms with van der Waals surface area (Å²) < 4.78 is 0. The Morgan fingerprint density at radius 2 is 1.40 bits per heavy atom. The number of carbonyl (C=O) groups is 1. The van der Waals surface area contributed by atoms with Gasteiger partial charge in [-0.3, -0.25) is 4.79 Å². The third-order valence-corrected chi connectivity index (χ3v) is 7.38. The number of aliphatic hydroxyl groups is 2. The van der Waals surface area contributed by atoms with E-state index in [1.165, 1.54) is 0 Å². The van der Waals surface area contributed by atoms with Crippen molar-refractivity contribution in [1.29, 1.82) is 0 Å². The molecule has 1 fully saturated rings. The highest BCUT2D eigenvalue weighted by Gasteiger charge is 2.41. The molecule has 0 radical (unpaired) electrons. The van der Waals surface area contributed by atoms with Crippen LogP contribution in [-0.2, 0) is 12.0 Å². The van der Waals surface area contributed by atoms with Gasteiger partial charge in [0.1, 0.15) is 5.60 Å². The molecule has 4 rings (SSSR count). The number of aliphatic hydroxyl groups excluding tert-OH is 1. The number of ketones is 1. The third kappa shape index (κ3) is 6.26. The van der Waals surface area contributed by atoms with E-state index in [0.717, 1.165) is 74.0 Å². The number of likely N-dealkylation sites (tertiary alicyclic amines) is 1. The van der Waals surface area contributed by atoms with Crippen LogP contribution < -0.4 is 0 Å². The zero-order chi connectivity index (χ0) is 24.5. The van der Waals surface area contributed by atoms with Gasteiger partial charge in [0.05, 0.1) is 0 Å². The smallest absolute Gasteiger partial charge is 0.162 e. The van der Waals surface area contributed by atoms with Crippen molar-refractivity contribution in [2.45, 2.75) is 44.1 Å². The van der Waals surface area contributed by atoms with Crippen LogP contribution in [0.25, 0.3) is 0 Å². The Morgan fingerprint density at radius 1 is 0.829 bits per heavy atom. The first-order chi connectivity index (χ1) is 17.1. The molecule has 184 valence electrons. The van der Waals surface area contributed by atoms with E-state index in [1.807, 2.05) is 84.9 Å². The van der Waals surface area contributed by atoms with Crippen LogP contribution in [0, 0.1) is 5.92 Å². The molecule has 4 heteroatoms. The zero-order valence-electron chi connectivity index (χ0n) is 20.5. The highest BCUT2D eigenvalue weighted by molar-refractivity contribution is 5.96. The van der Waals surface area contributed by atoms with Gasteiger partial charge in [-0.15, -0.1) is 0 Å². The van der Waals surface area contributed by atoms with Gasteiger partial charge in [-0.2, -0.15) is 0 Å². The van der Waals surface area contributed by atoms with Crippen LogP contribution in [0.1, 0.15) is 59.2 Å². The first kappa shape index (κ1) is 25.3. The topological polar surface area (TPSA) is 60.8 Å². The Hall–Kier alpha value is -2.79. The van der Waals surface area contributed by atoms with Gasteiger partial charge in [0.2, 0.25) is 0 Å². The van der Waals surface area contributed by atoms with Crippen molar-refractivity contribution in [3.63, 3.8) is 0 Å². The van der Waals surface area contributed by atoms with Gasteiger partial charge in [0, 0.05) is 18.6 Å². The molecule has 0 aliphatic carbocycles. The maximum absolute atomic E-state index is 12.6. The summed E-state index contributed by atoms with van der Waals surface area (Å²) in [4.78, 5) is 15.0. The minimum atomic E-state index is -0.992. The number of hydrogen-bond donors (Lipinski definition) is 2. The molecule has 0 aromatic heterocycles. The highest BCUT2D eigenvalue weighted by atomic mass is 16.3. The summed E-state index contributed by atoms with van der Waals surface area (Å²) >= 11 is 0. The second-order valence-corrected chi connectivity index (χ2v) is 9.67. The predicted octanol–water partition coefficient (Wildman–Crippen LogP) is 5.22.